The molecule has 0 radical (unpaired) electrons. The van der Waals surface area contributed by atoms with Gasteiger partial charge in [0.1, 0.15) is 0 Å². The largest absolute Gasteiger partial charge is 0.338 e. The molecule has 0 amide bonds. The molecule has 0 spiro atoms. The molecule has 16 heavy (non-hydrogen) atoms. The average molecular weight is 239 g/mol. The summed E-state index contributed by atoms with van der Waals surface area (Å²) in [5.41, 5.74) is 5.76. The summed E-state index contributed by atoms with van der Waals surface area (Å²) in [4.78, 5) is 4.21. The van der Waals surface area contributed by atoms with Crippen LogP contribution in [0.2, 0.25) is 0 Å². The number of hydrogen-bond donors (Lipinski definition) is 1. The van der Waals surface area contributed by atoms with Gasteiger partial charge in [-0.25, -0.2) is 0 Å². The van der Waals surface area contributed by atoms with E-state index in [9.17, 15) is 0 Å². The molecule has 0 fully saturated rings. The van der Waals surface area contributed by atoms with E-state index in [0.29, 0.717) is 18.1 Å². The Hall–Kier alpha value is -0.990. The molecule has 88 valence electrons. The van der Waals surface area contributed by atoms with Crippen LogP contribution in [0.15, 0.2) is 4.52 Å². The first-order chi connectivity index (χ1) is 7.42. The van der Waals surface area contributed by atoms with Crippen molar-refractivity contribution in [3.05, 3.63) is 11.7 Å². The van der Waals surface area contributed by atoms with Gasteiger partial charge in [0.15, 0.2) is 5.82 Å². The highest BCUT2D eigenvalue weighted by molar-refractivity contribution is 7.99. The third-order valence-electron chi connectivity index (χ3n) is 1.77. The number of thioether (sulfide) groups is 1. The van der Waals surface area contributed by atoms with E-state index in [4.69, 9.17) is 16.7 Å². The Bertz CT molecular complexity index is 375. The van der Waals surface area contributed by atoms with Crippen molar-refractivity contribution in [3.8, 4) is 12.3 Å². The molecule has 0 bridgehead atoms. The minimum atomic E-state index is -0.356. The maximum atomic E-state index is 5.76. The molecule has 1 aromatic rings. The molecule has 0 saturated carbocycles. The van der Waals surface area contributed by atoms with Gasteiger partial charge in [-0.2, -0.15) is 4.98 Å². The lowest BCUT2D eigenvalue weighted by molar-refractivity contribution is 0.353. The van der Waals surface area contributed by atoms with E-state index >= 15 is 0 Å². The topological polar surface area (TPSA) is 64.9 Å². The summed E-state index contributed by atoms with van der Waals surface area (Å²) in [6.07, 6.45) is 5.58. The zero-order chi connectivity index (χ0) is 12.2. The van der Waals surface area contributed by atoms with E-state index in [1.165, 1.54) is 0 Å². The van der Waals surface area contributed by atoms with Crippen molar-refractivity contribution < 1.29 is 4.52 Å². The second-order valence-electron chi connectivity index (χ2n) is 4.46. The summed E-state index contributed by atoms with van der Waals surface area (Å²) in [6, 6.07) is -0.356. The second-order valence-corrected chi connectivity index (χ2v) is 6.27. The molecule has 0 aliphatic rings. The quantitative estimate of drug-likeness (QED) is 0.815. The van der Waals surface area contributed by atoms with E-state index < -0.39 is 0 Å². The Morgan fingerprint density at radius 1 is 1.56 bits per heavy atom. The Morgan fingerprint density at radius 3 is 2.81 bits per heavy atom. The standard InChI is InChI=1S/C11H17N3OS/c1-5-6-8(12)10-13-9(14-15-10)7-16-11(2,3)4/h1,8H,6-7,12H2,2-4H3. The Labute approximate surface area is 100 Å². The lowest BCUT2D eigenvalue weighted by atomic mass is 10.2. The molecule has 1 unspecified atom stereocenters. The molecule has 2 N–H and O–H groups in total. The molecular formula is C11H17N3OS. The summed E-state index contributed by atoms with van der Waals surface area (Å²) < 4.78 is 5.23. The maximum Gasteiger partial charge on any atom is 0.244 e. The molecular weight excluding hydrogens is 222 g/mol. The highest BCUT2D eigenvalue weighted by atomic mass is 32.2. The summed E-state index contributed by atoms with van der Waals surface area (Å²) in [5, 5.41) is 3.87. The van der Waals surface area contributed by atoms with Crippen molar-refractivity contribution in [3.63, 3.8) is 0 Å². The molecule has 1 atom stereocenters. The van der Waals surface area contributed by atoms with E-state index in [2.05, 4.69) is 36.8 Å². The van der Waals surface area contributed by atoms with Crippen LogP contribution in [0.1, 0.15) is 44.9 Å². The lowest BCUT2D eigenvalue weighted by Crippen LogP contribution is -2.10. The monoisotopic (exact) mass is 239 g/mol. The highest BCUT2D eigenvalue weighted by Gasteiger charge is 2.16. The first-order valence-corrected chi connectivity index (χ1v) is 6.06. The van der Waals surface area contributed by atoms with Crippen LogP contribution in [0.25, 0.3) is 0 Å². The summed E-state index contributed by atoms with van der Waals surface area (Å²) in [5.74, 6) is 4.28. The van der Waals surface area contributed by atoms with Gasteiger partial charge < -0.3 is 10.3 Å². The Morgan fingerprint density at radius 2 is 2.25 bits per heavy atom. The molecule has 4 nitrogen and oxygen atoms in total. The average Bonchev–Trinajstić information content (AvgIpc) is 2.62. The number of nitrogens with zero attached hydrogens (tertiary/aromatic N) is 2. The van der Waals surface area contributed by atoms with Gasteiger partial charge >= 0.3 is 0 Å². The van der Waals surface area contributed by atoms with Crippen molar-refractivity contribution in [1.29, 1.82) is 0 Å². The number of terminal acetylenes is 1. The minimum Gasteiger partial charge on any atom is -0.338 e. The Balaban J connectivity index is 2.55. The van der Waals surface area contributed by atoms with Crippen LogP contribution in [0.5, 0.6) is 0 Å². The van der Waals surface area contributed by atoms with Gasteiger partial charge in [0, 0.05) is 11.2 Å². The van der Waals surface area contributed by atoms with E-state index in [-0.39, 0.29) is 10.8 Å². The zero-order valence-corrected chi connectivity index (χ0v) is 10.7. The van der Waals surface area contributed by atoms with Crippen molar-refractivity contribution >= 4 is 11.8 Å². The SMILES string of the molecule is C#CCC(N)c1nc(CSC(C)(C)C)no1. The second kappa shape index (κ2) is 5.37. The van der Waals surface area contributed by atoms with Crippen molar-refractivity contribution in [2.45, 2.75) is 43.7 Å². The fourth-order valence-electron chi connectivity index (χ4n) is 0.972. The molecule has 0 aliphatic carbocycles. The van der Waals surface area contributed by atoms with Crippen molar-refractivity contribution in [2.24, 2.45) is 5.73 Å². The first-order valence-electron chi connectivity index (χ1n) is 5.08. The molecule has 1 rings (SSSR count). The fourth-order valence-corrected chi connectivity index (χ4v) is 1.65. The molecule has 1 heterocycles. The molecule has 0 aliphatic heterocycles. The molecule has 1 aromatic heterocycles. The van der Waals surface area contributed by atoms with Crippen molar-refractivity contribution in [1.82, 2.24) is 10.1 Å². The third kappa shape index (κ3) is 4.25. The van der Waals surface area contributed by atoms with Gasteiger partial charge in [0.05, 0.1) is 11.8 Å². The minimum absolute atomic E-state index is 0.182. The molecule has 5 heteroatoms. The van der Waals surface area contributed by atoms with E-state index in [1.807, 2.05) is 0 Å². The first kappa shape index (κ1) is 13.1. The third-order valence-corrected chi connectivity index (χ3v) is 3.04. The number of hydrogen-bond acceptors (Lipinski definition) is 5. The van der Waals surface area contributed by atoms with E-state index in [1.54, 1.807) is 11.8 Å². The predicted octanol–water partition coefficient (Wildman–Crippen LogP) is 2.12. The van der Waals surface area contributed by atoms with Gasteiger partial charge in [-0.05, 0) is 0 Å². The van der Waals surface area contributed by atoms with Gasteiger partial charge in [-0.3, -0.25) is 0 Å². The van der Waals surface area contributed by atoms with Crippen molar-refractivity contribution in [2.75, 3.05) is 0 Å². The van der Waals surface area contributed by atoms with Gasteiger partial charge in [0.25, 0.3) is 0 Å². The summed E-state index contributed by atoms with van der Waals surface area (Å²) in [6.45, 7) is 6.42. The van der Waals surface area contributed by atoms with Crippen LogP contribution in [0.3, 0.4) is 0 Å². The lowest BCUT2D eigenvalue weighted by Gasteiger charge is -2.15. The molecule has 0 aromatic carbocycles. The summed E-state index contributed by atoms with van der Waals surface area (Å²) >= 11 is 1.76. The summed E-state index contributed by atoms with van der Waals surface area (Å²) in [7, 11) is 0. The van der Waals surface area contributed by atoms with Gasteiger partial charge in [0.2, 0.25) is 5.89 Å². The smallest absolute Gasteiger partial charge is 0.244 e. The van der Waals surface area contributed by atoms with E-state index in [0.717, 1.165) is 5.75 Å². The van der Waals surface area contributed by atoms with Gasteiger partial charge in [-0.15, -0.1) is 24.1 Å². The normalized spacial score (nSPS) is 13.4. The van der Waals surface area contributed by atoms with Crippen LogP contribution < -0.4 is 5.73 Å². The van der Waals surface area contributed by atoms with Crippen LogP contribution in [0, 0.1) is 12.3 Å². The predicted molar refractivity (Wildman–Crippen MR) is 65.7 cm³/mol. The van der Waals surface area contributed by atoms with Crippen LogP contribution in [-0.4, -0.2) is 14.9 Å². The number of rotatable bonds is 4. The zero-order valence-electron chi connectivity index (χ0n) is 9.86. The molecule has 0 saturated heterocycles. The maximum absolute atomic E-state index is 5.76. The Kier molecular flexibility index (Phi) is 4.39. The fraction of sp³-hybridized carbons (Fsp3) is 0.636. The number of nitrogens with two attached hydrogens (primary N) is 1. The number of aromatic nitrogens is 2. The van der Waals surface area contributed by atoms with Crippen LogP contribution >= 0.6 is 11.8 Å². The van der Waals surface area contributed by atoms with Crippen LogP contribution in [0.4, 0.5) is 0 Å². The van der Waals surface area contributed by atoms with Gasteiger partial charge in [-0.1, -0.05) is 25.9 Å². The highest BCUT2D eigenvalue weighted by Crippen LogP contribution is 2.26. The van der Waals surface area contributed by atoms with Crippen LogP contribution in [-0.2, 0) is 5.75 Å².